The Morgan fingerprint density at radius 1 is 1.02 bits per heavy atom. The third-order valence-electron chi connectivity index (χ3n) is 8.23. The molecule has 3 N–H and O–H groups in total. The molecular weight excluding hydrogens is 538 g/mol. The summed E-state index contributed by atoms with van der Waals surface area (Å²) in [5.41, 5.74) is 3.42. The van der Waals surface area contributed by atoms with Crippen molar-refractivity contribution in [1.29, 1.82) is 0 Å². The van der Waals surface area contributed by atoms with Crippen LogP contribution < -0.4 is 20.9 Å². The highest BCUT2D eigenvalue weighted by molar-refractivity contribution is 7.89. The van der Waals surface area contributed by atoms with Gasteiger partial charge in [0, 0.05) is 47.5 Å². The van der Waals surface area contributed by atoms with Crippen molar-refractivity contribution in [3.63, 3.8) is 0 Å². The number of rotatable bonds is 6. The lowest BCUT2D eigenvalue weighted by Gasteiger charge is -2.30. The van der Waals surface area contributed by atoms with Gasteiger partial charge in [-0.2, -0.15) is 9.71 Å². The van der Waals surface area contributed by atoms with Crippen LogP contribution in [0.25, 0.3) is 11.0 Å². The highest BCUT2D eigenvalue weighted by Gasteiger charge is 2.34. The van der Waals surface area contributed by atoms with Gasteiger partial charge in [-0.25, -0.2) is 13.4 Å². The molecule has 1 saturated heterocycles. The Labute approximate surface area is 238 Å². The second-order valence-electron chi connectivity index (χ2n) is 11.4. The van der Waals surface area contributed by atoms with Gasteiger partial charge in [-0.3, -0.25) is 9.36 Å². The topological polar surface area (TPSA) is 121 Å². The van der Waals surface area contributed by atoms with Gasteiger partial charge in [-0.15, -0.1) is 0 Å². The summed E-state index contributed by atoms with van der Waals surface area (Å²) in [5, 5.41) is 7.57. The second-order valence-corrected chi connectivity index (χ2v) is 13.1. The van der Waals surface area contributed by atoms with E-state index in [1.54, 1.807) is 24.4 Å². The Balaban J connectivity index is 1.21. The summed E-state index contributed by atoms with van der Waals surface area (Å²) in [5.74, 6) is 0.517. The van der Waals surface area contributed by atoms with E-state index in [-0.39, 0.29) is 16.4 Å². The number of piperidine rings is 1. The standard InChI is InChI=1S/C30H33N7O3S/c1-36-14-4-6-24(18-36)32-22-10-12-23(13-11-22)33-30-31-17-21-15-25(19-8-9-19)29(38)37(28(21)34-30)27-16-20-5-2-3-7-26(20)41(39,40)35-27/h2-3,5,7,10-13,15,17,19,24,27,32,35H,4,6,8-9,14,16,18H2,1H3,(H,31,33,34). The van der Waals surface area contributed by atoms with E-state index in [1.807, 2.05) is 36.4 Å². The van der Waals surface area contributed by atoms with E-state index in [1.165, 1.54) is 11.0 Å². The van der Waals surface area contributed by atoms with Gasteiger partial charge in [0.05, 0.1) is 4.90 Å². The number of sulfonamides is 1. The van der Waals surface area contributed by atoms with Crippen molar-refractivity contribution >= 4 is 38.4 Å². The molecule has 2 unspecified atom stereocenters. The number of likely N-dealkylation sites (tertiary alicyclic amines) is 1. The lowest BCUT2D eigenvalue weighted by atomic mass is 10.1. The SMILES string of the molecule is CN1CCCC(Nc2ccc(Nc3ncc4cc(C5CC5)c(=O)n(C5Cc6ccccc6S(=O)(=O)N5)c4n3)cc2)C1. The van der Waals surface area contributed by atoms with Crippen LogP contribution in [0.4, 0.5) is 17.3 Å². The van der Waals surface area contributed by atoms with E-state index in [9.17, 15) is 13.2 Å². The van der Waals surface area contributed by atoms with Gasteiger partial charge in [-0.1, -0.05) is 18.2 Å². The monoisotopic (exact) mass is 571 g/mol. The van der Waals surface area contributed by atoms with Gasteiger partial charge in [0.2, 0.25) is 16.0 Å². The summed E-state index contributed by atoms with van der Waals surface area (Å²) in [6.45, 7) is 2.17. The molecule has 0 bridgehead atoms. The molecule has 2 aromatic heterocycles. The smallest absolute Gasteiger partial charge is 0.257 e. The second kappa shape index (κ2) is 10.2. The average molecular weight is 572 g/mol. The summed E-state index contributed by atoms with van der Waals surface area (Å²) in [4.78, 5) is 25.7. The van der Waals surface area contributed by atoms with Gasteiger partial charge in [0.15, 0.2) is 0 Å². The van der Waals surface area contributed by atoms with Crippen molar-refractivity contribution < 1.29 is 8.42 Å². The van der Waals surface area contributed by atoms with E-state index >= 15 is 0 Å². The molecule has 2 aliphatic heterocycles. The minimum absolute atomic E-state index is 0.185. The van der Waals surface area contributed by atoms with Crippen LogP contribution in [0.5, 0.6) is 0 Å². The molecule has 7 rings (SSSR count). The van der Waals surface area contributed by atoms with Gasteiger partial charge in [0.25, 0.3) is 5.56 Å². The quantitative estimate of drug-likeness (QED) is 0.318. The number of hydrogen-bond acceptors (Lipinski definition) is 8. The first-order valence-electron chi connectivity index (χ1n) is 14.2. The van der Waals surface area contributed by atoms with Crippen molar-refractivity contribution in [2.24, 2.45) is 0 Å². The van der Waals surface area contributed by atoms with Crippen molar-refractivity contribution in [1.82, 2.24) is 24.2 Å². The molecule has 10 nitrogen and oxygen atoms in total. The third-order valence-corrected chi connectivity index (χ3v) is 9.79. The van der Waals surface area contributed by atoms with Gasteiger partial charge >= 0.3 is 0 Å². The van der Waals surface area contributed by atoms with E-state index in [2.05, 4.69) is 32.3 Å². The van der Waals surface area contributed by atoms with Crippen LogP contribution >= 0.6 is 0 Å². The zero-order valence-corrected chi connectivity index (χ0v) is 23.7. The number of likely N-dealkylation sites (N-methyl/N-ethyl adjacent to an activating group) is 1. The van der Waals surface area contributed by atoms with Crippen LogP contribution in [0.3, 0.4) is 0 Å². The maximum Gasteiger partial charge on any atom is 0.257 e. The van der Waals surface area contributed by atoms with Crippen molar-refractivity contribution in [2.75, 3.05) is 30.8 Å². The van der Waals surface area contributed by atoms with Gasteiger partial charge in [-0.05, 0) is 87.2 Å². The molecule has 2 aromatic carbocycles. The lowest BCUT2D eigenvalue weighted by Crippen LogP contribution is -2.43. The first kappa shape index (κ1) is 26.1. The van der Waals surface area contributed by atoms with Crippen molar-refractivity contribution in [2.45, 2.75) is 55.1 Å². The maximum atomic E-state index is 13.8. The van der Waals surface area contributed by atoms with Crippen LogP contribution in [0.1, 0.15) is 48.9 Å². The van der Waals surface area contributed by atoms with E-state index in [0.29, 0.717) is 40.6 Å². The molecule has 1 aliphatic carbocycles. The average Bonchev–Trinajstić information content (AvgIpc) is 3.79. The third kappa shape index (κ3) is 5.20. The molecule has 0 amide bonds. The number of fused-ring (bicyclic) bond motifs is 2. The molecule has 41 heavy (non-hydrogen) atoms. The van der Waals surface area contributed by atoms with Crippen LogP contribution in [-0.4, -0.2) is 54.0 Å². The Morgan fingerprint density at radius 3 is 2.59 bits per heavy atom. The number of hydrogen-bond donors (Lipinski definition) is 3. The number of nitrogens with zero attached hydrogens (tertiary/aromatic N) is 4. The largest absolute Gasteiger partial charge is 0.381 e. The van der Waals surface area contributed by atoms with Crippen molar-refractivity contribution in [3.05, 3.63) is 82.3 Å². The fraction of sp³-hybridized carbons (Fsp3) is 0.367. The summed E-state index contributed by atoms with van der Waals surface area (Å²) in [6, 6.07) is 17.2. The molecule has 2 atom stereocenters. The molecule has 0 radical (unpaired) electrons. The first-order chi connectivity index (χ1) is 19.8. The van der Waals surface area contributed by atoms with Crippen LogP contribution in [-0.2, 0) is 16.4 Å². The zero-order chi connectivity index (χ0) is 28.1. The number of pyridine rings is 1. The van der Waals surface area contributed by atoms with E-state index < -0.39 is 16.2 Å². The summed E-state index contributed by atoms with van der Waals surface area (Å²) < 4.78 is 30.5. The predicted molar refractivity (Wildman–Crippen MR) is 159 cm³/mol. The number of nitrogens with one attached hydrogen (secondary N) is 3. The van der Waals surface area contributed by atoms with E-state index in [0.717, 1.165) is 43.7 Å². The molecule has 3 aliphatic rings. The fourth-order valence-corrected chi connectivity index (χ4v) is 7.48. The molecular formula is C30H33N7O3S. The number of aromatic nitrogens is 3. The minimum atomic E-state index is -3.80. The number of benzene rings is 2. The Morgan fingerprint density at radius 2 is 1.80 bits per heavy atom. The fourth-order valence-electron chi connectivity index (χ4n) is 6.05. The molecule has 0 spiro atoms. The molecule has 2 fully saturated rings. The lowest BCUT2D eigenvalue weighted by molar-refractivity contribution is 0.261. The molecule has 11 heteroatoms. The van der Waals surface area contributed by atoms with Gasteiger partial charge in [0.1, 0.15) is 11.8 Å². The highest BCUT2D eigenvalue weighted by Crippen LogP contribution is 2.39. The normalized spacial score (nSPS) is 22.3. The van der Waals surface area contributed by atoms with Gasteiger partial charge < -0.3 is 15.5 Å². The highest BCUT2D eigenvalue weighted by atomic mass is 32.2. The van der Waals surface area contributed by atoms with Crippen molar-refractivity contribution in [3.8, 4) is 0 Å². The summed E-state index contributed by atoms with van der Waals surface area (Å²) >= 11 is 0. The summed E-state index contributed by atoms with van der Waals surface area (Å²) in [6.07, 6.45) is 5.49. The number of anilines is 3. The Bertz CT molecular complexity index is 1780. The maximum absolute atomic E-state index is 13.8. The summed E-state index contributed by atoms with van der Waals surface area (Å²) in [7, 11) is -1.64. The molecule has 212 valence electrons. The minimum Gasteiger partial charge on any atom is -0.381 e. The molecule has 1 saturated carbocycles. The van der Waals surface area contributed by atoms with Crippen LogP contribution in [0.2, 0.25) is 0 Å². The van der Waals surface area contributed by atoms with E-state index in [4.69, 9.17) is 4.98 Å². The molecule has 4 heterocycles. The Hall–Kier alpha value is -3.80. The first-order valence-corrected chi connectivity index (χ1v) is 15.7. The Kier molecular flexibility index (Phi) is 6.52. The predicted octanol–water partition coefficient (Wildman–Crippen LogP) is 3.95. The molecule has 4 aromatic rings. The zero-order valence-electron chi connectivity index (χ0n) is 22.9. The van der Waals surface area contributed by atoms with Crippen LogP contribution in [0, 0.1) is 0 Å². The van der Waals surface area contributed by atoms with Crippen LogP contribution in [0.15, 0.2) is 70.5 Å².